The number of fused-ring (bicyclic) bond motifs is 1. The van der Waals surface area contributed by atoms with Crippen LogP contribution in [-0.2, 0) is 27.5 Å². The maximum Gasteiger partial charge on any atom is 0.307 e. The van der Waals surface area contributed by atoms with Gasteiger partial charge in [-0.3, -0.25) is 4.79 Å². The number of hydrogen-bond acceptors (Lipinski definition) is 7. The van der Waals surface area contributed by atoms with Crippen molar-refractivity contribution in [2.24, 2.45) is 0 Å². The summed E-state index contributed by atoms with van der Waals surface area (Å²) in [5.41, 5.74) is 1.87. The summed E-state index contributed by atoms with van der Waals surface area (Å²) in [6, 6.07) is 8.43. The summed E-state index contributed by atoms with van der Waals surface area (Å²) in [5, 5.41) is 12.1. The van der Waals surface area contributed by atoms with Crippen LogP contribution < -0.4 is 10.2 Å². The number of aliphatic carboxylic acids is 1. The van der Waals surface area contributed by atoms with E-state index in [9.17, 15) is 22.0 Å². The highest BCUT2D eigenvalue weighted by molar-refractivity contribution is 7.91. The molecule has 3 aromatic rings. The van der Waals surface area contributed by atoms with Crippen LogP contribution in [0.3, 0.4) is 0 Å². The Balaban J connectivity index is 1.48. The first-order valence-corrected chi connectivity index (χ1v) is 13.9. The number of rotatable bonds is 6. The first kappa shape index (κ1) is 26.1. The van der Waals surface area contributed by atoms with Crippen LogP contribution in [0.2, 0.25) is 5.02 Å². The lowest BCUT2D eigenvalue weighted by molar-refractivity contribution is -0.136. The molecule has 0 fully saturated rings. The number of carboxylic acids is 1. The molecule has 2 aliphatic heterocycles. The van der Waals surface area contributed by atoms with Crippen LogP contribution >= 0.6 is 11.6 Å². The highest BCUT2D eigenvalue weighted by Gasteiger charge is 2.31. The SMILES string of the molecule is O=C(O)Cc1ccc(Nc2nc(N3CC=C(c4ccc(Cl)cc4F)CC3)nc3c2S(=O)(=O)CCC3)c(F)c1. The van der Waals surface area contributed by atoms with E-state index in [1.54, 1.807) is 12.1 Å². The molecule has 0 amide bonds. The highest BCUT2D eigenvalue weighted by atomic mass is 35.5. The Hall–Kier alpha value is -3.57. The number of nitrogens with one attached hydrogen (secondary N) is 1. The van der Waals surface area contributed by atoms with Gasteiger partial charge in [0.25, 0.3) is 0 Å². The van der Waals surface area contributed by atoms with E-state index < -0.39 is 27.4 Å². The Bertz CT molecular complexity index is 1580. The van der Waals surface area contributed by atoms with Crippen LogP contribution in [0.4, 0.5) is 26.2 Å². The summed E-state index contributed by atoms with van der Waals surface area (Å²) in [7, 11) is -3.70. The minimum absolute atomic E-state index is 0.0342. The molecule has 198 valence electrons. The maximum absolute atomic E-state index is 14.8. The van der Waals surface area contributed by atoms with E-state index >= 15 is 0 Å². The lowest BCUT2D eigenvalue weighted by Crippen LogP contribution is -2.31. The Morgan fingerprint density at radius 2 is 1.92 bits per heavy atom. The average Bonchev–Trinajstić information content (AvgIpc) is 2.85. The van der Waals surface area contributed by atoms with Crippen molar-refractivity contribution in [2.45, 2.75) is 30.6 Å². The van der Waals surface area contributed by atoms with Gasteiger partial charge in [0.2, 0.25) is 5.95 Å². The predicted octanol–water partition coefficient (Wildman–Crippen LogP) is 4.79. The predicted molar refractivity (Wildman–Crippen MR) is 140 cm³/mol. The van der Waals surface area contributed by atoms with E-state index in [1.807, 2.05) is 11.0 Å². The normalized spacial score (nSPS) is 16.5. The fourth-order valence-electron chi connectivity index (χ4n) is 4.66. The van der Waals surface area contributed by atoms with E-state index in [2.05, 4.69) is 15.3 Å². The summed E-state index contributed by atoms with van der Waals surface area (Å²) in [5.74, 6) is -2.06. The second kappa shape index (κ2) is 10.3. The van der Waals surface area contributed by atoms with Crippen LogP contribution in [0.25, 0.3) is 5.57 Å². The molecule has 12 heteroatoms. The molecule has 0 bridgehead atoms. The van der Waals surface area contributed by atoms with Gasteiger partial charge in [0.1, 0.15) is 16.5 Å². The smallest absolute Gasteiger partial charge is 0.307 e. The largest absolute Gasteiger partial charge is 0.481 e. The molecule has 0 spiro atoms. The Kier molecular flexibility index (Phi) is 7.06. The standard InChI is InChI=1S/C26H23ClF2N4O4S/c27-17-4-5-18(19(28)14-17)16-7-9-33(10-8-16)26-31-22-2-1-11-38(36,37)24(22)25(32-26)30-21-6-3-15(12-20(21)29)13-23(34)35/h3-7,12,14H,1-2,8-11,13H2,(H,34,35)(H,30,31,32). The second-order valence-electron chi connectivity index (χ2n) is 9.13. The van der Waals surface area contributed by atoms with Crippen LogP contribution in [0.1, 0.15) is 29.7 Å². The number of nitrogens with zero attached hydrogens (tertiary/aromatic N) is 3. The number of aryl methyl sites for hydroxylation is 1. The van der Waals surface area contributed by atoms with E-state index in [4.69, 9.17) is 16.7 Å². The second-order valence-corrected chi connectivity index (χ2v) is 11.6. The van der Waals surface area contributed by atoms with E-state index in [1.165, 1.54) is 18.2 Å². The first-order valence-electron chi connectivity index (χ1n) is 11.9. The van der Waals surface area contributed by atoms with Crippen LogP contribution in [0, 0.1) is 11.6 Å². The van der Waals surface area contributed by atoms with Crippen molar-refractivity contribution in [3.63, 3.8) is 0 Å². The minimum atomic E-state index is -3.70. The molecule has 1 aromatic heterocycles. The van der Waals surface area contributed by atoms with Crippen molar-refractivity contribution in [3.8, 4) is 0 Å². The molecule has 2 aromatic carbocycles. The number of sulfone groups is 1. The van der Waals surface area contributed by atoms with E-state index in [0.717, 1.165) is 11.6 Å². The summed E-state index contributed by atoms with van der Waals surface area (Å²) >= 11 is 5.87. The lowest BCUT2D eigenvalue weighted by Gasteiger charge is -2.29. The van der Waals surface area contributed by atoms with Gasteiger partial charge in [0, 0.05) is 23.7 Å². The molecule has 8 nitrogen and oxygen atoms in total. The average molecular weight is 561 g/mol. The van der Waals surface area contributed by atoms with E-state index in [0.29, 0.717) is 48.6 Å². The molecule has 38 heavy (non-hydrogen) atoms. The molecule has 3 heterocycles. The fraction of sp³-hybridized carbons (Fsp3) is 0.269. The quantitative estimate of drug-likeness (QED) is 0.442. The van der Waals surface area contributed by atoms with Gasteiger partial charge >= 0.3 is 5.97 Å². The van der Waals surface area contributed by atoms with Gasteiger partial charge in [-0.25, -0.2) is 22.2 Å². The molecule has 0 saturated heterocycles. The maximum atomic E-state index is 14.8. The third-order valence-corrected chi connectivity index (χ3v) is 8.58. The monoisotopic (exact) mass is 560 g/mol. The van der Waals surface area contributed by atoms with Crippen LogP contribution in [-0.4, -0.2) is 48.3 Å². The Morgan fingerprint density at radius 1 is 1.11 bits per heavy atom. The summed E-state index contributed by atoms with van der Waals surface area (Å²) < 4.78 is 55.1. The van der Waals surface area contributed by atoms with Gasteiger partial charge in [0.15, 0.2) is 15.7 Å². The van der Waals surface area contributed by atoms with Gasteiger partial charge in [-0.1, -0.05) is 29.8 Å². The lowest BCUT2D eigenvalue weighted by atomic mass is 9.99. The summed E-state index contributed by atoms with van der Waals surface area (Å²) in [4.78, 5) is 21.8. The topological polar surface area (TPSA) is 112 Å². The molecule has 0 aliphatic carbocycles. The van der Waals surface area contributed by atoms with Crippen molar-refractivity contribution in [1.82, 2.24) is 9.97 Å². The zero-order valence-electron chi connectivity index (χ0n) is 20.0. The first-order chi connectivity index (χ1) is 18.1. The van der Waals surface area contributed by atoms with Crippen molar-refractivity contribution in [2.75, 3.05) is 29.1 Å². The Labute approximate surface area is 222 Å². The number of benzene rings is 2. The third-order valence-electron chi connectivity index (χ3n) is 6.47. The molecule has 2 N–H and O–H groups in total. The molecule has 0 unspecified atom stereocenters. The molecule has 0 saturated carbocycles. The van der Waals surface area contributed by atoms with Crippen molar-refractivity contribution in [1.29, 1.82) is 0 Å². The highest BCUT2D eigenvalue weighted by Crippen LogP contribution is 2.35. The number of anilines is 3. The van der Waals surface area contributed by atoms with Gasteiger partial charge < -0.3 is 15.3 Å². The Morgan fingerprint density at radius 3 is 2.61 bits per heavy atom. The van der Waals surface area contributed by atoms with Crippen molar-refractivity contribution < 1.29 is 27.1 Å². The molecular weight excluding hydrogens is 538 g/mol. The molecule has 0 atom stereocenters. The number of carboxylic acid groups (broad SMARTS) is 1. The number of halogens is 3. The number of hydrogen-bond donors (Lipinski definition) is 2. The van der Waals surface area contributed by atoms with E-state index in [-0.39, 0.29) is 40.1 Å². The summed E-state index contributed by atoms with van der Waals surface area (Å²) in [6.07, 6.45) is 2.85. The zero-order chi connectivity index (χ0) is 27.0. The molecule has 0 radical (unpaired) electrons. The summed E-state index contributed by atoms with van der Waals surface area (Å²) in [6.45, 7) is 0.817. The van der Waals surface area contributed by atoms with Gasteiger partial charge in [0.05, 0.1) is 23.6 Å². The molecule has 5 rings (SSSR count). The van der Waals surface area contributed by atoms with Gasteiger partial charge in [-0.15, -0.1) is 0 Å². The zero-order valence-corrected chi connectivity index (χ0v) is 21.6. The number of carbonyl (C=O) groups is 1. The van der Waals surface area contributed by atoms with Crippen LogP contribution in [0.15, 0.2) is 47.4 Å². The minimum Gasteiger partial charge on any atom is -0.481 e. The van der Waals surface area contributed by atoms with Crippen LogP contribution in [0.5, 0.6) is 0 Å². The molecular formula is C26H23ClF2N4O4S. The molecule has 2 aliphatic rings. The van der Waals surface area contributed by atoms with Gasteiger partial charge in [-0.05, 0) is 54.7 Å². The van der Waals surface area contributed by atoms with Crippen molar-refractivity contribution in [3.05, 3.63) is 76.0 Å². The van der Waals surface area contributed by atoms with Crippen molar-refractivity contribution >= 4 is 50.4 Å². The fourth-order valence-corrected chi connectivity index (χ4v) is 6.44. The number of aromatic nitrogens is 2. The van der Waals surface area contributed by atoms with Gasteiger partial charge in [-0.2, -0.15) is 4.98 Å². The third kappa shape index (κ3) is 5.34.